The van der Waals surface area contributed by atoms with Crippen LogP contribution in [-0.2, 0) is 17.9 Å². The number of hydrogen-bond donors (Lipinski definition) is 0. The molecule has 0 saturated carbocycles. The summed E-state index contributed by atoms with van der Waals surface area (Å²) >= 11 is 0. The monoisotopic (exact) mass is 386 g/mol. The molecule has 1 aromatic carbocycles. The van der Waals surface area contributed by atoms with Gasteiger partial charge in [0, 0.05) is 7.05 Å². The van der Waals surface area contributed by atoms with Crippen LogP contribution in [0.3, 0.4) is 0 Å². The molecule has 9 heteroatoms. The highest BCUT2D eigenvalue weighted by Crippen LogP contribution is 2.33. The van der Waals surface area contributed by atoms with E-state index in [-0.39, 0.29) is 18.5 Å². The minimum Gasteiger partial charge on any atom is -0.486 e. The van der Waals surface area contributed by atoms with Crippen LogP contribution in [0.25, 0.3) is 0 Å². The third-order valence-electron chi connectivity index (χ3n) is 5.48. The molecule has 2 aliphatic rings. The van der Waals surface area contributed by atoms with E-state index in [9.17, 15) is 4.79 Å². The number of fused-ring (bicyclic) bond motifs is 1. The van der Waals surface area contributed by atoms with Gasteiger partial charge in [-0.05, 0) is 61.0 Å². The molecule has 4 rings (SSSR count). The van der Waals surface area contributed by atoms with E-state index in [2.05, 4.69) is 20.4 Å². The Morgan fingerprint density at radius 1 is 1.21 bits per heavy atom. The van der Waals surface area contributed by atoms with Gasteiger partial charge in [0.15, 0.2) is 17.3 Å². The van der Waals surface area contributed by atoms with Crippen LogP contribution in [0.1, 0.15) is 37.2 Å². The molecule has 150 valence electrons. The molecule has 0 spiro atoms. The van der Waals surface area contributed by atoms with Gasteiger partial charge in [0.1, 0.15) is 19.8 Å². The molecule has 9 nitrogen and oxygen atoms in total. The summed E-state index contributed by atoms with van der Waals surface area (Å²) in [5.74, 6) is 2.16. The number of carbonyl (C=O) groups excluding carboxylic acids is 1. The SMILES string of the molecule is C[C@H](c1ccc2c(c1)OCCO2)N(C)C(=O)Cn1nnnc1CN1CCCC1. The number of likely N-dealkylation sites (tertiary alicyclic amines) is 1. The van der Waals surface area contributed by atoms with Crippen molar-refractivity contribution in [2.24, 2.45) is 0 Å². The van der Waals surface area contributed by atoms with Gasteiger partial charge >= 0.3 is 0 Å². The Balaban J connectivity index is 1.41. The van der Waals surface area contributed by atoms with Crippen molar-refractivity contribution < 1.29 is 14.3 Å². The second kappa shape index (κ2) is 8.14. The number of hydrogen-bond acceptors (Lipinski definition) is 7. The van der Waals surface area contributed by atoms with Gasteiger partial charge in [0.05, 0.1) is 12.6 Å². The van der Waals surface area contributed by atoms with E-state index >= 15 is 0 Å². The third kappa shape index (κ3) is 3.94. The lowest BCUT2D eigenvalue weighted by Gasteiger charge is -2.27. The van der Waals surface area contributed by atoms with Gasteiger partial charge in [0.2, 0.25) is 5.91 Å². The summed E-state index contributed by atoms with van der Waals surface area (Å²) in [4.78, 5) is 16.9. The van der Waals surface area contributed by atoms with Gasteiger partial charge < -0.3 is 14.4 Å². The molecule has 0 unspecified atom stereocenters. The Hall–Kier alpha value is -2.68. The van der Waals surface area contributed by atoms with Crippen molar-refractivity contribution in [2.75, 3.05) is 33.4 Å². The van der Waals surface area contributed by atoms with E-state index < -0.39 is 0 Å². The fraction of sp³-hybridized carbons (Fsp3) is 0.579. The van der Waals surface area contributed by atoms with Crippen LogP contribution in [0, 0.1) is 0 Å². The van der Waals surface area contributed by atoms with Gasteiger partial charge in [0.25, 0.3) is 0 Å². The normalized spacial score (nSPS) is 17.5. The van der Waals surface area contributed by atoms with Gasteiger partial charge in [-0.1, -0.05) is 6.07 Å². The summed E-state index contributed by atoms with van der Waals surface area (Å²) in [7, 11) is 1.80. The molecular weight excluding hydrogens is 360 g/mol. The Morgan fingerprint density at radius 3 is 2.75 bits per heavy atom. The minimum absolute atomic E-state index is 0.0441. The molecule has 1 fully saturated rings. The van der Waals surface area contributed by atoms with Crippen LogP contribution in [0.4, 0.5) is 0 Å². The number of aromatic nitrogens is 4. The first-order valence-corrected chi connectivity index (χ1v) is 9.74. The highest BCUT2D eigenvalue weighted by atomic mass is 16.6. The lowest BCUT2D eigenvalue weighted by Crippen LogP contribution is -2.34. The summed E-state index contributed by atoms with van der Waals surface area (Å²) in [5.41, 5.74) is 0.995. The summed E-state index contributed by atoms with van der Waals surface area (Å²) in [5, 5.41) is 11.9. The largest absolute Gasteiger partial charge is 0.486 e. The summed E-state index contributed by atoms with van der Waals surface area (Å²) in [6, 6.07) is 5.70. The van der Waals surface area contributed by atoms with E-state index in [0.29, 0.717) is 19.8 Å². The van der Waals surface area contributed by atoms with Crippen LogP contribution in [0.5, 0.6) is 11.5 Å². The van der Waals surface area contributed by atoms with Crippen LogP contribution in [0.15, 0.2) is 18.2 Å². The van der Waals surface area contributed by atoms with Crippen LogP contribution >= 0.6 is 0 Å². The van der Waals surface area contributed by atoms with Gasteiger partial charge in [-0.25, -0.2) is 4.68 Å². The number of amides is 1. The number of likely N-dealkylation sites (N-methyl/N-ethyl adjacent to an activating group) is 1. The fourth-order valence-corrected chi connectivity index (χ4v) is 3.60. The van der Waals surface area contributed by atoms with Crippen molar-refractivity contribution in [1.29, 1.82) is 0 Å². The Bertz CT molecular complexity index is 833. The number of benzene rings is 1. The van der Waals surface area contributed by atoms with E-state index in [1.165, 1.54) is 12.8 Å². The van der Waals surface area contributed by atoms with Crippen LogP contribution in [-0.4, -0.2) is 69.3 Å². The first-order valence-electron chi connectivity index (χ1n) is 9.74. The summed E-state index contributed by atoms with van der Waals surface area (Å²) in [6.45, 7) is 6.02. The van der Waals surface area contributed by atoms with Crippen molar-refractivity contribution in [3.8, 4) is 11.5 Å². The predicted molar refractivity (Wildman–Crippen MR) is 101 cm³/mol. The maximum absolute atomic E-state index is 12.8. The number of tetrazole rings is 1. The molecule has 1 aromatic heterocycles. The van der Waals surface area contributed by atoms with Crippen LogP contribution < -0.4 is 9.47 Å². The molecular formula is C19H26N6O3. The number of ether oxygens (including phenoxy) is 2. The highest BCUT2D eigenvalue weighted by molar-refractivity contribution is 5.76. The van der Waals surface area contributed by atoms with Gasteiger partial charge in [-0.2, -0.15) is 0 Å². The van der Waals surface area contributed by atoms with Crippen molar-refractivity contribution in [3.63, 3.8) is 0 Å². The molecule has 1 saturated heterocycles. The summed E-state index contributed by atoms with van der Waals surface area (Å²) < 4.78 is 12.8. The standard InChI is InChI=1S/C19H26N6O3/c1-14(15-5-6-16-17(11-15)28-10-9-27-16)23(2)19(26)13-25-18(20-21-22-25)12-24-7-3-4-8-24/h5-6,11,14H,3-4,7-10,12-13H2,1-2H3/t14-/m1/s1. The molecule has 28 heavy (non-hydrogen) atoms. The first-order chi connectivity index (χ1) is 13.6. The number of carbonyl (C=O) groups is 1. The second-order valence-electron chi connectivity index (χ2n) is 7.32. The summed E-state index contributed by atoms with van der Waals surface area (Å²) in [6.07, 6.45) is 2.41. The van der Waals surface area contributed by atoms with E-state index in [4.69, 9.17) is 9.47 Å². The average Bonchev–Trinajstić information content (AvgIpc) is 3.39. The van der Waals surface area contributed by atoms with E-state index in [0.717, 1.165) is 36.0 Å². The second-order valence-corrected chi connectivity index (χ2v) is 7.32. The smallest absolute Gasteiger partial charge is 0.244 e. The topological polar surface area (TPSA) is 85.6 Å². The Morgan fingerprint density at radius 2 is 1.96 bits per heavy atom. The van der Waals surface area contributed by atoms with Crippen molar-refractivity contribution in [3.05, 3.63) is 29.6 Å². The molecule has 0 radical (unpaired) electrons. The average molecular weight is 386 g/mol. The fourth-order valence-electron chi connectivity index (χ4n) is 3.60. The zero-order chi connectivity index (χ0) is 19.5. The maximum Gasteiger partial charge on any atom is 0.244 e. The first kappa shape index (κ1) is 18.7. The molecule has 0 N–H and O–H groups in total. The quantitative estimate of drug-likeness (QED) is 0.739. The molecule has 2 aromatic rings. The predicted octanol–water partition coefficient (Wildman–Crippen LogP) is 1.26. The van der Waals surface area contributed by atoms with Gasteiger partial charge in [-0.3, -0.25) is 9.69 Å². The van der Waals surface area contributed by atoms with Crippen LogP contribution in [0.2, 0.25) is 0 Å². The zero-order valence-corrected chi connectivity index (χ0v) is 16.4. The van der Waals surface area contributed by atoms with Crippen molar-refractivity contribution in [1.82, 2.24) is 30.0 Å². The number of nitrogens with zero attached hydrogens (tertiary/aromatic N) is 6. The zero-order valence-electron chi connectivity index (χ0n) is 16.4. The molecule has 1 atom stereocenters. The Kier molecular flexibility index (Phi) is 5.43. The molecule has 1 amide bonds. The minimum atomic E-state index is -0.109. The third-order valence-corrected chi connectivity index (χ3v) is 5.48. The molecule has 2 aliphatic heterocycles. The lowest BCUT2D eigenvalue weighted by molar-refractivity contribution is -0.132. The molecule has 0 aliphatic carbocycles. The number of rotatable bonds is 6. The van der Waals surface area contributed by atoms with Crippen molar-refractivity contribution >= 4 is 5.91 Å². The highest BCUT2D eigenvalue weighted by Gasteiger charge is 2.23. The lowest BCUT2D eigenvalue weighted by atomic mass is 10.1. The van der Waals surface area contributed by atoms with E-state index in [1.54, 1.807) is 16.6 Å². The van der Waals surface area contributed by atoms with Gasteiger partial charge in [-0.15, -0.1) is 5.10 Å². The molecule has 3 heterocycles. The van der Waals surface area contributed by atoms with Crippen molar-refractivity contribution in [2.45, 2.75) is 38.9 Å². The molecule has 0 bridgehead atoms. The Labute approximate surface area is 164 Å². The van der Waals surface area contributed by atoms with E-state index in [1.807, 2.05) is 25.1 Å². The maximum atomic E-state index is 12.8.